The summed E-state index contributed by atoms with van der Waals surface area (Å²) in [5, 5.41) is 14.3. The normalized spacial score (nSPS) is 16.1. The van der Waals surface area contributed by atoms with Crippen LogP contribution in [0.25, 0.3) is 0 Å². The second-order valence-corrected chi connectivity index (χ2v) is 6.35. The van der Waals surface area contributed by atoms with Gasteiger partial charge in [0.15, 0.2) is 17.2 Å². The number of hydrogen-bond donors (Lipinski definition) is 2. The summed E-state index contributed by atoms with van der Waals surface area (Å²) in [6, 6.07) is 7.73. The zero-order valence-electron chi connectivity index (χ0n) is 15.1. The molecule has 2 heterocycles. The van der Waals surface area contributed by atoms with Gasteiger partial charge in [0.1, 0.15) is 6.10 Å². The molecule has 1 amide bonds. The Balaban J connectivity index is 1.51. The lowest BCUT2D eigenvalue weighted by molar-refractivity contribution is 0.0926. The van der Waals surface area contributed by atoms with E-state index in [-0.39, 0.29) is 12.0 Å². The Labute approximate surface area is 152 Å². The molecule has 8 nitrogen and oxygen atoms in total. The van der Waals surface area contributed by atoms with Crippen molar-refractivity contribution < 1.29 is 14.3 Å². The maximum atomic E-state index is 12.3. The Morgan fingerprint density at radius 3 is 2.81 bits per heavy atom. The van der Waals surface area contributed by atoms with E-state index in [9.17, 15) is 4.79 Å². The second kappa shape index (κ2) is 8.66. The average molecular weight is 359 g/mol. The molecule has 0 saturated carbocycles. The number of carbonyl (C=O) groups is 1. The van der Waals surface area contributed by atoms with Crippen LogP contribution < -0.4 is 20.1 Å². The van der Waals surface area contributed by atoms with Gasteiger partial charge in [-0.2, -0.15) is 0 Å². The number of ether oxygens (including phenoxy) is 2. The van der Waals surface area contributed by atoms with Crippen molar-refractivity contribution >= 4 is 5.91 Å². The largest absolute Gasteiger partial charge is 0.493 e. The van der Waals surface area contributed by atoms with Crippen LogP contribution in [0.1, 0.15) is 36.3 Å². The minimum atomic E-state index is -0.249. The topological polar surface area (TPSA) is 90.3 Å². The summed E-state index contributed by atoms with van der Waals surface area (Å²) in [7, 11) is 1.60. The SMILES string of the molecule is COc1ccccc1OC(C)CNC(=O)c1cn(C2CCNCC2)nn1. The van der Waals surface area contributed by atoms with Gasteiger partial charge < -0.3 is 20.1 Å². The Morgan fingerprint density at radius 1 is 1.35 bits per heavy atom. The summed E-state index contributed by atoms with van der Waals surface area (Å²) >= 11 is 0. The lowest BCUT2D eigenvalue weighted by Gasteiger charge is -2.22. The van der Waals surface area contributed by atoms with Crippen molar-refractivity contribution in [1.29, 1.82) is 0 Å². The summed E-state index contributed by atoms with van der Waals surface area (Å²) in [6.07, 6.45) is 3.49. The summed E-state index contributed by atoms with van der Waals surface area (Å²) in [4.78, 5) is 12.3. The van der Waals surface area contributed by atoms with Crippen molar-refractivity contribution in [3.63, 3.8) is 0 Å². The molecule has 1 fully saturated rings. The van der Waals surface area contributed by atoms with Gasteiger partial charge in [-0.1, -0.05) is 17.3 Å². The molecule has 3 rings (SSSR count). The first-order chi connectivity index (χ1) is 12.7. The number of aromatic nitrogens is 3. The third kappa shape index (κ3) is 4.51. The molecule has 140 valence electrons. The van der Waals surface area contributed by atoms with Crippen LogP contribution >= 0.6 is 0 Å². The molecule has 2 N–H and O–H groups in total. The number of amides is 1. The van der Waals surface area contributed by atoms with Crippen LogP contribution in [-0.4, -0.2) is 53.7 Å². The summed E-state index contributed by atoms with van der Waals surface area (Å²) in [6.45, 7) is 4.17. The number of carbonyl (C=O) groups excluding carboxylic acids is 1. The van der Waals surface area contributed by atoms with Crippen LogP contribution in [0.5, 0.6) is 11.5 Å². The summed E-state index contributed by atoms with van der Waals surface area (Å²) in [5.74, 6) is 1.06. The van der Waals surface area contributed by atoms with E-state index in [2.05, 4.69) is 20.9 Å². The highest BCUT2D eigenvalue weighted by Crippen LogP contribution is 2.26. The quantitative estimate of drug-likeness (QED) is 0.777. The molecule has 0 aliphatic carbocycles. The average Bonchev–Trinajstić information content (AvgIpc) is 3.17. The van der Waals surface area contributed by atoms with Gasteiger partial charge in [-0.3, -0.25) is 4.79 Å². The maximum absolute atomic E-state index is 12.3. The third-order valence-electron chi connectivity index (χ3n) is 4.37. The molecule has 26 heavy (non-hydrogen) atoms. The molecule has 0 bridgehead atoms. The van der Waals surface area contributed by atoms with Crippen LogP contribution in [0.2, 0.25) is 0 Å². The highest BCUT2D eigenvalue weighted by atomic mass is 16.5. The minimum Gasteiger partial charge on any atom is -0.493 e. The van der Waals surface area contributed by atoms with E-state index in [1.54, 1.807) is 18.0 Å². The van der Waals surface area contributed by atoms with Gasteiger partial charge in [-0.25, -0.2) is 4.68 Å². The third-order valence-corrected chi connectivity index (χ3v) is 4.37. The predicted molar refractivity (Wildman–Crippen MR) is 96.6 cm³/mol. The van der Waals surface area contributed by atoms with Crippen molar-refractivity contribution in [2.45, 2.75) is 31.9 Å². The van der Waals surface area contributed by atoms with E-state index in [1.807, 2.05) is 31.2 Å². The number of nitrogens with one attached hydrogen (secondary N) is 2. The number of nitrogens with zero attached hydrogens (tertiary/aromatic N) is 3. The van der Waals surface area contributed by atoms with Crippen molar-refractivity contribution in [1.82, 2.24) is 25.6 Å². The summed E-state index contributed by atoms with van der Waals surface area (Å²) in [5.41, 5.74) is 0.327. The van der Waals surface area contributed by atoms with Crippen molar-refractivity contribution in [3.8, 4) is 11.5 Å². The number of rotatable bonds is 7. The van der Waals surface area contributed by atoms with Gasteiger partial charge in [0, 0.05) is 0 Å². The van der Waals surface area contributed by atoms with Gasteiger partial charge >= 0.3 is 0 Å². The van der Waals surface area contributed by atoms with Gasteiger partial charge in [0.05, 0.1) is 25.9 Å². The molecule has 0 radical (unpaired) electrons. The number of methoxy groups -OCH3 is 1. The Kier molecular flexibility index (Phi) is 6.06. The first kappa shape index (κ1) is 18.2. The molecular weight excluding hydrogens is 334 g/mol. The Hall–Kier alpha value is -2.61. The fourth-order valence-electron chi connectivity index (χ4n) is 2.93. The van der Waals surface area contributed by atoms with Crippen LogP contribution in [0.4, 0.5) is 0 Å². The Morgan fingerprint density at radius 2 is 2.08 bits per heavy atom. The predicted octanol–water partition coefficient (Wildman–Crippen LogP) is 1.41. The molecule has 1 aromatic heterocycles. The number of hydrogen-bond acceptors (Lipinski definition) is 6. The fourth-order valence-corrected chi connectivity index (χ4v) is 2.93. The first-order valence-corrected chi connectivity index (χ1v) is 8.88. The van der Waals surface area contributed by atoms with E-state index < -0.39 is 0 Å². The Bertz CT molecular complexity index is 727. The summed E-state index contributed by atoms with van der Waals surface area (Å²) < 4.78 is 12.9. The lowest BCUT2D eigenvalue weighted by atomic mass is 10.1. The maximum Gasteiger partial charge on any atom is 0.273 e. The molecular formula is C18H25N5O3. The lowest BCUT2D eigenvalue weighted by Crippen LogP contribution is -2.33. The molecule has 0 spiro atoms. The van der Waals surface area contributed by atoms with E-state index >= 15 is 0 Å². The molecule has 1 aliphatic rings. The highest BCUT2D eigenvalue weighted by molar-refractivity contribution is 5.91. The van der Waals surface area contributed by atoms with Crippen LogP contribution in [0, 0.1) is 0 Å². The van der Waals surface area contributed by atoms with E-state index in [0.717, 1.165) is 25.9 Å². The molecule has 2 aromatic rings. The fraction of sp³-hybridized carbons (Fsp3) is 0.500. The monoisotopic (exact) mass is 359 g/mol. The van der Waals surface area contributed by atoms with Crippen molar-refractivity contribution in [2.24, 2.45) is 0 Å². The smallest absolute Gasteiger partial charge is 0.273 e. The molecule has 1 aromatic carbocycles. The molecule has 1 atom stereocenters. The van der Waals surface area contributed by atoms with Gasteiger partial charge in [0.2, 0.25) is 0 Å². The van der Waals surface area contributed by atoms with Crippen molar-refractivity contribution in [2.75, 3.05) is 26.7 Å². The van der Waals surface area contributed by atoms with Crippen LogP contribution in [-0.2, 0) is 0 Å². The van der Waals surface area contributed by atoms with Crippen LogP contribution in [0.3, 0.4) is 0 Å². The van der Waals surface area contributed by atoms with Gasteiger partial charge in [-0.05, 0) is 45.0 Å². The van der Waals surface area contributed by atoms with Gasteiger partial charge in [0.25, 0.3) is 5.91 Å². The highest BCUT2D eigenvalue weighted by Gasteiger charge is 2.19. The molecule has 1 saturated heterocycles. The van der Waals surface area contributed by atoms with E-state index in [1.165, 1.54) is 0 Å². The second-order valence-electron chi connectivity index (χ2n) is 6.35. The minimum absolute atomic E-state index is 0.213. The van der Waals surface area contributed by atoms with E-state index in [4.69, 9.17) is 9.47 Å². The molecule has 8 heteroatoms. The standard InChI is InChI=1S/C18H25N5O3/c1-13(26-17-6-4-3-5-16(17)25-2)11-20-18(24)15-12-23(22-21-15)14-7-9-19-10-8-14/h3-6,12-14,19H,7-11H2,1-2H3,(H,20,24). The van der Waals surface area contributed by atoms with Gasteiger partial charge in [-0.15, -0.1) is 5.10 Å². The molecule has 1 unspecified atom stereocenters. The first-order valence-electron chi connectivity index (χ1n) is 8.88. The number of piperidine rings is 1. The number of para-hydroxylation sites is 2. The van der Waals surface area contributed by atoms with E-state index in [0.29, 0.717) is 29.8 Å². The number of benzene rings is 1. The zero-order chi connectivity index (χ0) is 18.4. The molecule has 1 aliphatic heterocycles. The zero-order valence-corrected chi connectivity index (χ0v) is 15.1. The van der Waals surface area contributed by atoms with Crippen LogP contribution in [0.15, 0.2) is 30.5 Å². The van der Waals surface area contributed by atoms with Crippen molar-refractivity contribution in [3.05, 3.63) is 36.2 Å².